The highest BCUT2D eigenvalue weighted by Crippen LogP contribution is 2.22. The van der Waals surface area contributed by atoms with Gasteiger partial charge >= 0.3 is 0 Å². The average Bonchev–Trinajstić information content (AvgIpc) is 3.00. The molecule has 2 aromatic heterocycles. The van der Waals surface area contributed by atoms with Gasteiger partial charge in [-0.15, -0.1) is 0 Å². The van der Waals surface area contributed by atoms with E-state index < -0.39 is 0 Å². The lowest BCUT2D eigenvalue weighted by Gasteiger charge is -2.13. The van der Waals surface area contributed by atoms with Crippen LogP contribution in [0.5, 0.6) is 0 Å². The number of nitrogens with one attached hydrogen (secondary N) is 1. The van der Waals surface area contributed by atoms with Gasteiger partial charge in [0.05, 0.1) is 6.04 Å². The molecule has 1 amide bonds. The second kappa shape index (κ2) is 8.36. The van der Waals surface area contributed by atoms with Gasteiger partial charge in [-0.3, -0.25) is 9.78 Å². The van der Waals surface area contributed by atoms with Crippen LogP contribution in [0.3, 0.4) is 0 Å². The second-order valence-electron chi connectivity index (χ2n) is 6.64. The highest BCUT2D eigenvalue weighted by atomic mass is 16.1. The minimum Gasteiger partial charge on any atom is -0.345 e. The van der Waals surface area contributed by atoms with E-state index in [2.05, 4.69) is 14.9 Å². The van der Waals surface area contributed by atoms with Gasteiger partial charge in [0.1, 0.15) is 11.6 Å². The third-order valence-electron chi connectivity index (χ3n) is 4.70. The van der Waals surface area contributed by atoms with Crippen molar-refractivity contribution < 1.29 is 4.79 Å². The lowest BCUT2D eigenvalue weighted by atomic mass is 10.1. The van der Waals surface area contributed by atoms with Crippen molar-refractivity contribution in [2.45, 2.75) is 26.8 Å². The summed E-state index contributed by atoms with van der Waals surface area (Å²) in [5, 5.41) is 12.4. The molecular weight excluding hydrogens is 348 g/mol. The molecule has 140 valence electrons. The topological polar surface area (TPSA) is 70.7 Å². The molecule has 3 rings (SSSR count). The van der Waals surface area contributed by atoms with Gasteiger partial charge in [-0.1, -0.05) is 30.3 Å². The van der Waals surface area contributed by atoms with Crippen LogP contribution in [0.15, 0.2) is 66.5 Å². The average molecular weight is 370 g/mol. The number of amides is 1. The molecule has 1 aromatic carbocycles. The van der Waals surface area contributed by atoms with E-state index in [0.29, 0.717) is 0 Å². The Labute approximate surface area is 165 Å². The summed E-state index contributed by atoms with van der Waals surface area (Å²) in [4.78, 5) is 16.7. The van der Waals surface area contributed by atoms with Gasteiger partial charge in [0.15, 0.2) is 0 Å². The van der Waals surface area contributed by atoms with Crippen molar-refractivity contribution in [1.29, 1.82) is 5.26 Å². The fourth-order valence-corrected chi connectivity index (χ4v) is 3.23. The van der Waals surface area contributed by atoms with Crippen molar-refractivity contribution in [2.75, 3.05) is 0 Å². The molecule has 5 heteroatoms. The van der Waals surface area contributed by atoms with Crippen molar-refractivity contribution in [2.24, 2.45) is 0 Å². The molecule has 0 spiro atoms. The first-order valence-electron chi connectivity index (χ1n) is 9.08. The zero-order valence-corrected chi connectivity index (χ0v) is 16.2. The molecule has 0 fully saturated rings. The molecule has 1 atom stereocenters. The van der Waals surface area contributed by atoms with Gasteiger partial charge in [-0.05, 0) is 56.2 Å². The summed E-state index contributed by atoms with van der Waals surface area (Å²) in [6.07, 6.45) is 5.12. The molecule has 2 heterocycles. The Bertz CT molecular complexity index is 1040. The monoisotopic (exact) mass is 370 g/mol. The molecule has 5 nitrogen and oxygen atoms in total. The number of hydrogen-bond donors (Lipinski definition) is 1. The number of aryl methyl sites for hydroxylation is 1. The van der Waals surface area contributed by atoms with Crippen molar-refractivity contribution >= 4 is 12.0 Å². The molecule has 0 saturated carbocycles. The maximum absolute atomic E-state index is 12.6. The van der Waals surface area contributed by atoms with Crippen LogP contribution in [0, 0.1) is 25.2 Å². The highest BCUT2D eigenvalue weighted by Gasteiger charge is 2.16. The van der Waals surface area contributed by atoms with Crippen LogP contribution in [0.1, 0.15) is 35.5 Å². The van der Waals surface area contributed by atoms with E-state index in [1.807, 2.05) is 75.4 Å². The molecule has 0 aliphatic rings. The van der Waals surface area contributed by atoms with Crippen molar-refractivity contribution in [3.63, 3.8) is 0 Å². The summed E-state index contributed by atoms with van der Waals surface area (Å²) >= 11 is 0. The molecule has 0 aliphatic carbocycles. The van der Waals surface area contributed by atoms with Gasteiger partial charge < -0.3 is 9.88 Å². The molecule has 28 heavy (non-hydrogen) atoms. The van der Waals surface area contributed by atoms with Crippen molar-refractivity contribution in [3.05, 3.63) is 89.0 Å². The maximum atomic E-state index is 12.6. The summed E-state index contributed by atoms with van der Waals surface area (Å²) in [6, 6.07) is 17.3. The number of carbonyl (C=O) groups is 1. The van der Waals surface area contributed by atoms with E-state index in [-0.39, 0.29) is 17.5 Å². The lowest BCUT2D eigenvalue weighted by molar-refractivity contribution is -0.117. The quantitative estimate of drug-likeness (QED) is 0.538. The summed E-state index contributed by atoms with van der Waals surface area (Å²) < 4.78 is 2.08. The standard InChI is InChI=1S/C23H22N4O/c1-16-13-20(18(3)27(16)22-9-11-25-12-10-22)14-21(15-24)23(28)26-17(2)19-7-5-4-6-8-19/h4-14,17H,1-3H3,(H,26,28)/b21-14-/t17-/m1/s1. The van der Waals surface area contributed by atoms with E-state index >= 15 is 0 Å². The number of nitriles is 1. The SMILES string of the molecule is Cc1cc(/C=C(/C#N)C(=O)N[C@H](C)c2ccccc2)c(C)n1-c1ccncc1. The van der Waals surface area contributed by atoms with Gasteiger partial charge in [0, 0.05) is 29.5 Å². The number of rotatable bonds is 5. The van der Waals surface area contributed by atoms with Crippen LogP contribution in [0.4, 0.5) is 0 Å². The number of hydrogen-bond acceptors (Lipinski definition) is 3. The van der Waals surface area contributed by atoms with Crippen LogP contribution >= 0.6 is 0 Å². The fraction of sp³-hybridized carbons (Fsp3) is 0.174. The first kappa shape index (κ1) is 19.1. The van der Waals surface area contributed by atoms with E-state index in [9.17, 15) is 10.1 Å². The largest absolute Gasteiger partial charge is 0.345 e. The van der Waals surface area contributed by atoms with Crippen molar-refractivity contribution in [1.82, 2.24) is 14.9 Å². The Kier molecular flexibility index (Phi) is 5.71. The van der Waals surface area contributed by atoms with Crippen LogP contribution in [-0.2, 0) is 4.79 Å². The van der Waals surface area contributed by atoms with Gasteiger partial charge in [0.25, 0.3) is 5.91 Å². The predicted molar refractivity (Wildman–Crippen MR) is 110 cm³/mol. The number of pyridine rings is 1. The van der Waals surface area contributed by atoms with Gasteiger partial charge in [-0.2, -0.15) is 5.26 Å². The Hall–Kier alpha value is -3.65. The number of aromatic nitrogens is 2. The first-order valence-corrected chi connectivity index (χ1v) is 9.08. The van der Waals surface area contributed by atoms with E-state index in [4.69, 9.17) is 0 Å². The van der Waals surface area contributed by atoms with Crippen LogP contribution in [-0.4, -0.2) is 15.5 Å². The summed E-state index contributed by atoms with van der Waals surface area (Å²) in [7, 11) is 0. The zero-order valence-electron chi connectivity index (χ0n) is 16.2. The number of nitrogens with zero attached hydrogens (tertiary/aromatic N) is 3. The summed E-state index contributed by atoms with van der Waals surface area (Å²) in [6.45, 7) is 5.87. The van der Waals surface area contributed by atoms with E-state index in [1.165, 1.54) is 0 Å². The lowest BCUT2D eigenvalue weighted by Crippen LogP contribution is -2.27. The van der Waals surface area contributed by atoms with Crippen LogP contribution in [0.2, 0.25) is 0 Å². The summed E-state index contributed by atoms with van der Waals surface area (Å²) in [5.74, 6) is -0.382. The van der Waals surface area contributed by atoms with Crippen molar-refractivity contribution in [3.8, 4) is 11.8 Å². The smallest absolute Gasteiger partial charge is 0.262 e. The normalized spacial score (nSPS) is 12.3. The molecule has 3 aromatic rings. The molecule has 0 bridgehead atoms. The first-order chi connectivity index (χ1) is 13.5. The second-order valence-corrected chi connectivity index (χ2v) is 6.64. The van der Waals surface area contributed by atoms with Gasteiger partial charge in [0.2, 0.25) is 0 Å². The Morgan fingerprint density at radius 1 is 1.18 bits per heavy atom. The van der Waals surface area contributed by atoms with Crippen LogP contribution < -0.4 is 5.32 Å². The minimum atomic E-state index is -0.382. The zero-order chi connectivity index (χ0) is 20.1. The van der Waals surface area contributed by atoms with Gasteiger partial charge in [-0.25, -0.2) is 0 Å². The number of benzene rings is 1. The minimum absolute atomic E-state index is 0.0813. The maximum Gasteiger partial charge on any atom is 0.262 e. The molecule has 0 aliphatic heterocycles. The van der Waals surface area contributed by atoms with Crippen LogP contribution in [0.25, 0.3) is 11.8 Å². The molecule has 1 N–H and O–H groups in total. The molecule has 0 saturated heterocycles. The molecule has 0 radical (unpaired) electrons. The number of carbonyl (C=O) groups excluding carboxylic acids is 1. The predicted octanol–water partition coefficient (Wildman–Crippen LogP) is 4.27. The molecular formula is C23H22N4O. The van der Waals surface area contributed by atoms with E-state index in [0.717, 1.165) is 28.2 Å². The Balaban J connectivity index is 1.87. The molecule has 0 unspecified atom stereocenters. The third-order valence-corrected chi connectivity index (χ3v) is 4.70. The fourth-order valence-electron chi connectivity index (χ4n) is 3.23. The summed E-state index contributed by atoms with van der Waals surface area (Å²) in [5.41, 5.74) is 4.88. The third kappa shape index (κ3) is 4.02. The van der Waals surface area contributed by atoms with E-state index in [1.54, 1.807) is 18.5 Å². The Morgan fingerprint density at radius 2 is 1.86 bits per heavy atom. The highest BCUT2D eigenvalue weighted by molar-refractivity contribution is 6.02. The Morgan fingerprint density at radius 3 is 2.50 bits per heavy atom.